The molecular formula is C14H25N3O3. The summed E-state index contributed by atoms with van der Waals surface area (Å²) in [6.45, 7) is 4.41. The molecule has 0 aromatic heterocycles. The molecule has 1 saturated carbocycles. The number of aliphatic carboxylic acids is 1. The second kappa shape index (κ2) is 5.99. The van der Waals surface area contributed by atoms with Crippen LogP contribution in [0, 0.1) is 5.41 Å². The summed E-state index contributed by atoms with van der Waals surface area (Å²) in [5, 5.41) is 13.9. The van der Waals surface area contributed by atoms with E-state index in [1.54, 1.807) is 0 Å². The number of rotatable bonds is 4. The number of hydrogen-bond acceptors (Lipinski definition) is 3. The molecule has 2 amide bonds. The highest BCUT2D eigenvalue weighted by molar-refractivity contribution is 5.78. The predicted octanol–water partition coefficient (Wildman–Crippen LogP) is 1.72. The number of nitrogens with one attached hydrogen (secondary N) is 2. The molecule has 1 aliphatic carbocycles. The normalized spacial score (nSPS) is 29.3. The Morgan fingerprint density at radius 2 is 1.80 bits per heavy atom. The topological polar surface area (TPSA) is 81.7 Å². The number of carboxylic acids is 1. The highest BCUT2D eigenvalue weighted by atomic mass is 16.4. The number of nitrogens with zero attached hydrogens (tertiary/aromatic N) is 1. The standard InChI is InChI=1S/C14H25N3O3/c1-10-5-3-6-11(2)17(10)16-13(20)15-9-14(12(18)19)7-4-8-14/h10-11H,3-9H2,1-2H3,(H,18,19)(H2,15,16,20). The van der Waals surface area contributed by atoms with Crippen molar-refractivity contribution >= 4 is 12.0 Å². The van der Waals surface area contributed by atoms with E-state index >= 15 is 0 Å². The van der Waals surface area contributed by atoms with Gasteiger partial charge in [0.2, 0.25) is 0 Å². The average Bonchev–Trinajstić information content (AvgIpc) is 2.32. The molecule has 2 atom stereocenters. The molecular weight excluding hydrogens is 258 g/mol. The van der Waals surface area contributed by atoms with E-state index in [-0.39, 0.29) is 12.6 Å². The average molecular weight is 283 g/mol. The minimum atomic E-state index is -0.802. The molecule has 2 rings (SSSR count). The zero-order valence-electron chi connectivity index (χ0n) is 12.3. The van der Waals surface area contributed by atoms with Gasteiger partial charge >= 0.3 is 12.0 Å². The maximum absolute atomic E-state index is 12.0. The minimum absolute atomic E-state index is 0.213. The smallest absolute Gasteiger partial charge is 0.329 e. The summed E-state index contributed by atoms with van der Waals surface area (Å²) < 4.78 is 0. The van der Waals surface area contributed by atoms with Crippen molar-refractivity contribution in [3.63, 3.8) is 0 Å². The number of carbonyl (C=O) groups excluding carboxylic acids is 1. The molecule has 3 N–H and O–H groups in total. The van der Waals surface area contributed by atoms with E-state index < -0.39 is 11.4 Å². The van der Waals surface area contributed by atoms with Crippen LogP contribution in [-0.4, -0.2) is 40.7 Å². The van der Waals surface area contributed by atoms with Crippen molar-refractivity contribution in [2.45, 2.75) is 64.5 Å². The Balaban J connectivity index is 1.81. The first-order valence-electron chi connectivity index (χ1n) is 7.51. The molecule has 2 fully saturated rings. The molecule has 2 unspecified atom stereocenters. The third kappa shape index (κ3) is 3.06. The fourth-order valence-corrected chi connectivity index (χ4v) is 3.12. The first kappa shape index (κ1) is 15.1. The molecule has 1 aliphatic heterocycles. The van der Waals surface area contributed by atoms with Gasteiger partial charge in [0.1, 0.15) is 0 Å². The Bertz CT molecular complexity index is 372. The lowest BCUT2D eigenvalue weighted by molar-refractivity contribution is -0.153. The number of hydrogen-bond donors (Lipinski definition) is 3. The highest BCUT2D eigenvalue weighted by Gasteiger charge is 2.44. The van der Waals surface area contributed by atoms with Crippen molar-refractivity contribution in [2.24, 2.45) is 5.41 Å². The molecule has 0 bridgehead atoms. The molecule has 0 spiro atoms. The third-order valence-corrected chi connectivity index (χ3v) is 4.78. The van der Waals surface area contributed by atoms with Crippen LogP contribution in [0.25, 0.3) is 0 Å². The van der Waals surface area contributed by atoms with Crippen molar-refractivity contribution in [1.29, 1.82) is 0 Å². The molecule has 6 nitrogen and oxygen atoms in total. The van der Waals surface area contributed by atoms with Gasteiger partial charge in [0.05, 0.1) is 5.41 Å². The van der Waals surface area contributed by atoms with Gasteiger partial charge in [-0.15, -0.1) is 0 Å². The van der Waals surface area contributed by atoms with Crippen LogP contribution in [0.3, 0.4) is 0 Å². The summed E-state index contributed by atoms with van der Waals surface area (Å²) in [5.41, 5.74) is 2.13. The maximum Gasteiger partial charge on any atom is 0.329 e. The first-order valence-corrected chi connectivity index (χ1v) is 7.51. The van der Waals surface area contributed by atoms with E-state index in [9.17, 15) is 14.7 Å². The Kier molecular flexibility index (Phi) is 4.52. The predicted molar refractivity (Wildman–Crippen MR) is 75.1 cm³/mol. The van der Waals surface area contributed by atoms with Crippen LogP contribution in [-0.2, 0) is 4.79 Å². The molecule has 1 heterocycles. The Hall–Kier alpha value is -1.30. The quantitative estimate of drug-likeness (QED) is 0.733. The Labute approximate surface area is 119 Å². The van der Waals surface area contributed by atoms with Crippen LogP contribution < -0.4 is 10.7 Å². The largest absolute Gasteiger partial charge is 0.481 e. The summed E-state index contributed by atoms with van der Waals surface area (Å²) in [6.07, 6.45) is 5.56. The summed E-state index contributed by atoms with van der Waals surface area (Å²) in [6, 6.07) is 0.349. The second-order valence-corrected chi connectivity index (χ2v) is 6.27. The molecule has 0 radical (unpaired) electrons. The lowest BCUT2D eigenvalue weighted by Gasteiger charge is -2.40. The Morgan fingerprint density at radius 3 is 2.25 bits per heavy atom. The van der Waals surface area contributed by atoms with Gasteiger partial charge in [-0.3, -0.25) is 10.2 Å². The van der Waals surface area contributed by atoms with Crippen molar-refractivity contribution < 1.29 is 14.7 Å². The number of piperidine rings is 1. The van der Waals surface area contributed by atoms with Gasteiger partial charge < -0.3 is 10.4 Å². The van der Waals surface area contributed by atoms with Crippen molar-refractivity contribution in [1.82, 2.24) is 15.8 Å². The van der Waals surface area contributed by atoms with Gasteiger partial charge in [0.15, 0.2) is 0 Å². The van der Waals surface area contributed by atoms with Crippen LogP contribution in [0.2, 0.25) is 0 Å². The number of urea groups is 1. The van der Waals surface area contributed by atoms with Gasteiger partial charge in [-0.05, 0) is 39.5 Å². The van der Waals surface area contributed by atoms with E-state index in [1.807, 2.05) is 5.01 Å². The highest BCUT2D eigenvalue weighted by Crippen LogP contribution is 2.40. The molecule has 0 aromatic carbocycles. The van der Waals surface area contributed by atoms with Crippen LogP contribution >= 0.6 is 0 Å². The van der Waals surface area contributed by atoms with E-state index in [0.717, 1.165) is 19.3 Å². The zero-order chi connectivity index (χ0) is 14.8. The molecule has 114 valence electrons. The van der Waals surface area contributed by atoms with Crippen molar-refractivity contribution in [3.8, 4) is 0 Å². The summed E-state index contributed by atoms with van der Waals surface area (Å²) in [7, 11) is 0. The van der Waals surface area contributed by atoms with Gasteiger partial charge in [-0.2, -0.15) is 0 Å². The summed E-state index contributed by atoms with van der Waals surface area (Å²) in [4.78, 5) is 23.2. The van der Waals surface area contributed by atoms with E-state index in [2.05, 4.69) is 24.6 Å². The van der Waals surface area contributed by atoms with Crippen LogP contribution in [0.4, 0.5) is 4.79 Å². The second-order valence-electron chi connectivity index (χ2n) is 6.27. The van der Waals surface area contributed by atoms with Crippen LogP contribution in [0.1, 0.15) is 52.4 Å². The number of amides is 2. The monoisotopic (exact) mass is 283 g/mol. The lowest BCUT2D eigenvalue weighted by Crippen LogP contribution is -2.58. The fraction of sp³-hybridized carbons (Fsp3) is 0.857. The van der Waals surface area contributed by atoms with Gasteiger partial charge in [0.25, 0.3) is 0 Å². The maximum atomic E-state index is 12.0. The minimum Gasteiger partial charge on any atom is -0.481 e. The van der Waals surface area contributed by atoms with E-state index in [4.69, 9.17) is 0 Å². The van der Waals surface area contributed by atoms with E-state index in [0.29, 0.717) is 24.9 Å². The zero-order valence-corrected chi connectivity index (χ0v) is 12.3. The van der Waals surface area contributed by atoms with Crippen molar-refractivity contribution in [3.05, 3.63) is 0 Å². The fourth-order valence-electron chi connectivity index (χ4n) is 3.12. The number of carboxylic acid groups (broad SMARTS) is 1. The van der Waals surface area contributed by atoms with Gasteiger partial charge in [-0.25, -0.2) is 9.80 Å². The molecule has 20 heavy (non-hydrogen) atoms. The van der Waals surface area contributed by atoms with Crippen LogP contribution in [0.5, 0.6) is 0 Å². The van der Waals surface area contributed by atoms with Gasteiger partial charge in [-0.1, -0.05) is 12.8 Å². The number of hydrazine groups is 1. The number of carbonyl (C=O) groups is 2. The molecule has 0 aromatic rings. The summed E-state index contributed by atoms with van der Waals surface area (Å²) >= 11 is 0. The molecule has 6 heteroatoms. The van der Waals surface area contributed by atoms with Crippen molar-refractivity contribution in [2.75, 3.05) is 6.54 Å². The SMILES string of the molecule is CC1CCCC(C)N1NC(=O)NCC1(C(=O)O)CCC1. The van der Waals surface area contributed by atoms with Crippen LogP contribution in [0.15, 0.2) is 0 Å². The summed E-state index contributed by atoms with van der Waals surface area (Å²) in [5.74, 6) is -0.802. The Morgan fingerprint density at radius 1 is 1.20 bits per heavy atom. The lowest BCUT2D eigenvalue weighted by atomic mass is 9.69. The molecule has 2 aliphatic rings. The first-order chi connectivity index (χ1) is 9.44. The van der Waals surface area contributed by atoms with E-state index in [1.165, 1.54) is 6.42 Å². The third-order valence-electron chi connectivity index (χ3n) is 4.78. The van der Waals surface area contributed by atoms with Gasteiger partial charge in [0, 0.05) is 18.6 Å². The molecule has 1 saturated heterocycles.